The van der Waals surface area contributed by atoms with Crippen molar-refractivity contribution >= 4 is 35.4 Å². The number of hydroxylamine groups is 1. The van der Waals surface area contributed by atoms with E-state index in [0.29, 0.717) is 24.5 Å². The first kappa shape index (κ1) is 13.6. The van der Waals surface area contributed by atoms with Gasteiger partial charge in [-0.3, -0.25) is 0 Å². The maximum atomic E-state index is 11.0. The van der Waals surface area contributed by atoms with Gasteiger partial charge in [0.05, 0.1) is 5.75 Å². The van der Waals surface area contributed by atoms with E-state index < -0.39 is 10.1 Å². The fourth-order valence-corrected chi connectivity index (χ4v) is 1.94. The van der Waals surface area contributed by atoms with E-state index in [4.69, 9.17) is 0 Å². The molecule has 0 aromatic carbocycles. The maximum Gasteiger partial charge on any atom is 0.283 e. The van der Waals surface area contributed by atoms with E-state index in [2.05, 4.69) is 35.0 Å². The molecule has 0 aromatic rings. The summed E-state index contributed by atoms with van der Waals surface area (Å²) in [6.07, 6.45) is 1.27. The summed E-state index contributed by atoms with van der Waals surface area (Å²) in [4.78, 5) is 0. The monoisotopic (exact) mass is 245 g/mol. The minimum atomic E-state index is -3.41. The average molecular weight is 245 g/mol. The van der Waals surface area contributed by atoms with Crippen LogP contribution in [0, 0.1) is 0 Å². The molecule has 0 rings (SSSR count). The number of rotatable bonds is 8. The van der Waals surface area contributed by atoms with Gasteiger partial charge in [-0.2, -0.15) is 43.4 Å². The van der Waals surface area contributed by atoms with E-state index >= 15 is 0 Å². The Balaban J connectivity index is 3.52. The highest BCUT2D eigenvalue weighted by atomic mass is 32.2. The van der Waals surface area contributed by atoms with Crippen LogP contribution in [0.25, 0.3) is 0 Å². The van der Waals surface area contributed by atoms with E-state index in [1.807, 2.05) is 0 Å². The Bertz CT molecular complexity index is 205. The number of hydrogen-bond acceptors (Lipinski definition) is 6. The highest BCUT2D eigenvalue weighted by molar-refractivity contribution is 7.86. The molecule has 0 fully saturated rings. The van der Waals surface area contributed by atoms with Crippen molar-refractivity contribution in [2.45, 2.75) is 12.8 Å². The SMILES string of the molecule is O=S(=O)(CCCS)ONCCCS. The quantitative estimate of drug-likeness (QED) is 0.331. The summed E-state index contributed by atoms with van der Waals surface area (Å²) in [5.41, 5.74) is 2.37. The molecular weight excluding hydrogens is 230 g/mol. The van der Waals surface area contributed by atoms with Crippen LogP contribution >= 0.6 is 25.3 Å². The molecule has 0 aliphatic heterocycles. The molecule has 0 spiro atoms. The fourth-order valence-electron chi connectivity index (χ4n) is 0.566. The predicted octanol–water partition coefficient (Wildman–Crippen LogP) is 0.477. The van der Waals surface area contributed by atoms with Gasteiger partial charge < -0.3 is 0 Å². The van der Waals surface area contributed by atoms with Crippen molar-refractivity contribution in [1.82, 2.24) is 5.48 Å². The second-order valence-electron chi connectivity index (χ2n) is 2.39. The van der Waals surface area contributed by atoms with E-state index in [0.717, 1.165) is 6.42 Å². The van der Waals surface area contributed by atoms with Gasteiger partial charge in [-0.05, 0) is 24.3 Å². The standard InChI is InChI=1S/C6H15NO3S3/c8-13(9,6-2-5-12)10-7-3-1-4-11/h7,11-12H,1-6H2. The van der Waals surface area contributed by atoms with Gasteiger partial charge in [-0.15, -0.1) is 0 Å². The van der Waals surface area contributed by atoms with Crippen LogP contribution in [-0.4, -0.2) is 32.2 Å². The molecule has 0 bridgehead atoms. The molecule has 0 aromatic heterocycles. The second kappa shape index (κ2) is 7.93. The molecule has 7 heteroatoms. The summed E-state index contributed by atoms with van der Waals surface area (Å²) >= 11 is 7.87. The van der Waals surface area contributed by atoms with E-state index in [-0.39, 0.29) is 5.75 Å². The van der Waals surface area contributed by atoms with Gasteiger partial charge in [0, 0.05) is 6.54 Å². The van der Waals surface area contributed by atoms with Crippen molar-refractivity contribution in [2.75, 3.05) is 23.8 Å². The molecule has 0 aliphatic rings. The topological polar surface area (TPSA) is 55.4 Å². The smallest absolute Gasteiger partial charge is 0.198 e. The summed E-state index contributed by atoms with van der Waals surface area (Å²) in [6.45, 7) is 0.490. The Morgan fingerprint density at radius 3 is 2.31 bits per heavy atom. The second-order valence-corrected chi connectivity index (χ2v) is 4.98. The van der Waals surface area contributed by atoms with Gasteiger partial charge in [0.1, 0.15) is 0 Å². The summed E-state index contributed by atoms with van der Waals surface area (Å²) in [6, 6.07) is 0. The molecule has 0 atom stereocenters. The zero-order chi connectivity index (χ0) is 10.2. The zero-order valence-electron chi connectivity index (χ0n) is 7.27. The third-order valence-corrected chi connectivity index (χ3v) is 2.97. The lowest BCUT2D eigenvalue weighted by molar-refractivity contribution is 0.204. The molecule has 0 aliphatic carbocycles. The molecule has 0 heterocycles. The van der Waals surface area contributed by atoms with Crippen LogP contribution in [0.4, 0.5) is 0 Å². The lowest BCUT2D eigenvalue weighted by atomic mass is 10.5. The first-order valence-electron chi connectivity index (χ1n) is 3.98. The number of thiol groups is 2. The van der Waals surface area contributed by atoms with E-state index in [1.54, 1.807) is 0 Å². The van der Waals surface area contributed by atoms with Gasteiger partial charge in [0.2, 0.25) is 0 Å². The average Bonchev–Trinajstić information content (AvgIpc) is 2.09. The molecule has 13 heavy (non-hydrogen) atoms. The molecule has 0 unspecified atom stereocenters. The molecule has 1 N–H and O–H groups in total. The van der Waals surface area contributed by atoms with Crippen molar-refractivity contribution in [3.63, 3.8) is 0 Å². The Morgan fingerprint density at radius 2 is 1.77 bits per heavy atom. The Labute approximate surface area is 90.3 Å². The minimum Gasteiger partial charge on any atom is -0.198 e. The summed E-state index contributed by atoms with van der Waals surface area (Å²) in [5, 5.41) is 0. The largest absolute Gasteiger partial charge is 0.283 e. The van der Waals surface area contributed by atoms with Crippen LogP contribution < -0.4 is 5.48 Å². The van der Waals surface area contributed by atoms with Crippen LogP contribution in [0.2, 0.25) is 0 Å². The van der Waals surface area contributed by atoms with Crippen molar-refractivity contribution in [3.05, 3.63) is 0 Å². The highest BCUT2D eigenvalue weighted by Crippen LogP contribution is 1.95. The van der Waals surface area contributed by atoms with Crippen LogP contribution in [0.15, 0.2) is 0 Å². The maximum absolute atomic E-state index is 11.0. The van der Waals surface area contributed by atoms with Crippen molar-refractivity contribution in [1.29, 1.82) is 0 Å². The van der Waals surface area contributed by atoms with E-state index in [1.165, 1.54) is 0 Å². The Morgan fingerprint density at radius 1 is 1.15 bits per heavy atom. The van der Waals surface area contributed by atoms with Gasteiger partial charge >= 0.3 is 0 Å². The van der Waals surface area contributed by atoms with Crippen LogP contribution in [0.5, 0.6) is 0 Å². The van der Waals surface area contributed by atoms with Crippen molar-refractivity contribution in [2.24, 2.45) is 0 Å². The molecule has 0 saturated carbocycles. The Hall–Kier alpha value is 0.570. The minimum absolute atomic E-state index is 0.00434. The highest BCUT2D eigenvalue weighted by Gasteiger charge is 2.09. The molecule has 0 amide bonds. The van der Waals surface area contributed by atoms with Crippen LogP contribution in [0.3, 0.4) is 0 Å². The van der Waals surface area contributed by atoms with Gasteiger partial charge in [-0.1, -0.05) is 0 Å². The first-order valence-corrected chi connectivity index (χ1v) is 6.82. The fraction of sp³-hybridized carbons (Fsp3) is 1.00. The van der Waals surface area contributed by atoms with Gasteiger partial charge in [-0.25, -0.2) is 0 Å². The van der Waals surface area contributed by atoms with Crippen molar-refractivity contribution in [3.8, 4) is 0 Å². The first-order chi connectivity index (χ1) is 6.12. The van der Waals surface area contributed by atoms with E-state index in [9.17, 15) is 8.42 Å². The number of nitrogens with one attached hydrogen (secondary N) is 1. The molecular formula is C6H15NO3S3. The summed E-state index contributed by atoms with van der Waals surface area (Å²) in [5.74, 6) is 1.25. The molecule has 0 saturated heterocycles. The third kappa shape index (κ3) is 8.89. The van der Waals surface area contributed by atoms with Gasteiger partial charge in [0.15, 0.2) is 0 Å². The number of hydrogen-bond donors (Lipinski definition) is 3. The summed E-state index contributed by atoms with van der Waals surface area (Å²) in [7, 11) is -3.41. The molecule has 0 radical (unpaired) electrons. The van der Waals surface area contributed by atoms with Gasteiger partial charge in [0.25, 0.3) is 10.1 Å². The third-order valence-electron chi connectivity index (χ3n) is 1.18. The predicted molar refractivity (Wildman–Crippen MR) is 59.8 cm³/mol. The van der Waals surface area contributed by atoms with Crippen molar-refractivity contribution < 1.29 is 12.7 Å². The normalized spacial score (nSPS) is 11.8. The zero-order valence-corrected chi connectivity index (χ0v) is 9.88. The van der Waals surface area contributed by atoms with Crippen LogP contribution in [0.1, 0.15) is 12.8 Å². The molecule has 80 valence electrons. The lowest BCUT2D eigenvalue weighted by Crippen LogP contribution is -2.23. The lowest BCUT2D eigenvalue weighted by Gasteiger charge is -2.04. The summed E-state index contributed by atoms with van der Waals surface area (Å²) < 4.78 is 26.5. The van der Waals surface area contributed by atoms with Crippen LogP contribution in [-0.2, 0) is 14.4 Å². The molecule has 4 nitrogen and oxygen atoms in total. The Kier molecular flexibility index (Phi) is 8.27.